The number of hydrogen-bond acceptors (Lipinski definition) is 10. The first-order valence-electron chi connectivity index (χ1n) is 17.6. The van der Waals surface area contributed by atoms with Gasteiger partial charge in [0, 0.05) is 0 Å². The van der Waals surface area contributed by atoms with Crippen LogP contribution in [0, 0.1) is 0 Å². The van der Waals surface area contributed by atoms with Crippen LogP contribution in [0.4, 0.5) is 0 Å². The minimum Gasteiger partial charge on any atom is -0.394 e. The maximum absolute atomic E-state index is 12.9. The number of amides is 1. The second-order valence-electron chi connectivity index (χ2n) is 12.6. The zero-order valence-corrected chi connectivity index (χ0v) is 27.8. The lowest BCUT2D eigenvalue weighted by atomic mass is 9.98. The quantitative estimate of drug-likeness (QED) is 0.0486. The van der Waals surface area contributed by atoms with Crippen molar-refractivity contribution in [2.75, 3.05) is 13.2 Å². The van der Waals surface area contributed by atoms with Gasteiger partial charge in [-0.25, -0.2) is 0 Å². The van der Waals surface area contributed by atoms with E-state index in [1.54, 1.807) is 0 Å². The molecule has 1 fully saturated rings. The van der Waals surface area contributed by atoms with Crippen LogP contribution in [0.3, 0.4) is 0 Å². The van der Waals surface area contributed by atoms with E-state index in [1.807, 2.05) is 0 Å². The lowest BCUT2D eigenvalue weighted by Crippen LogP contribution is -2.60. The second-order valence-corrected chi connectivity index (χ2v) is 12.6. The highest BCUT2D eigenvalue weighted by Crippen LogP contribution is 2.23. The molecule has 0 bridgehead atoms. The van der Waals surface area contributed by atoms with Crippen molar-refractivity contribution in [2.45, 2.75) is 184 Å². The molecule has 0 saturated carbocycles. The highest BCUT2D eigenvalue weighted by molar-refractivity contribution is 5.80. The molecule has 266 valence electrons. The van der Waals surface area contributed by atoms with Gasteiger partial charge >= 0.3 is 0 Å². The Balaban J connectivity index is 2.61. The summed E-state index contributed by atoms with van der Waals surface area (Å²) < 4.78 is 10.9. The summed E-state index contributed by atoms with van der Waals surface area (Å²) in [6, 6.07) is -1.17. The van der Waals surface area contributed by atoms with E-state index in [2.05, 4.69) is 31.3 Å². The van der Waals surface area contributed by atoms with Crippen LogP contribution in [0.5, 0.6) is 0 Å². The van der Waals surface area contributed by atoms with Crippen LogP contribution in [0.25, 0.3) is 0 Å². The molecule has 0 aromatic carbocycles. The number of carbonyl (C=O) groups is 1. The van der Waals surface area contributed by atoms with Gasteiger partial charge in [-0.2, -0.15) is 0 Å². The van der Waals surface area contributed by atoms with E-state index in [0.717, 1.165) is 51.4 Å². The molecule has 1 rings (SSSR count). The number of aliphatic hydroxyl groups is 7. The Morgan fingerprint density at radius 3 is 1.89 bits per heavy atom. The van der Waals surface area contributed by atoms with Crippen LogP contribution in [0.15, 0.2) is 12.2 Å². The molecule has 11 heteroatoms. The zero-order chi connectivity index (χ0) is 33.5. The van der Waals surface area contributed by atoms with Crippen LogP contribution >= 0.6 is 0 Å². The molecule has 0 aromatic rings. The normalized spacial score (nSPS) is 24.9. The van der Waals surface area contributed by atoms with Gasteiger partial charge in [0.1, 0.15) is 36.6 Å². The Hall–Kier alpha value is -1.15. The third-order valence-electron chi connectivity index (χ3n) is 8.57. The number of rotatable bonds is 27. The van der Waals surface area contributed by atoms with Crippen LogP contribution < -0.4 is 5.32 Å². The molecule has 0 spiro atoms. The summed E-state index contributed by atoms with van der Waals surface area (Å²) >= 11 is 0. The highest BCUT2D eigenvalue weighted by Gasteiger charge is 2.44. The molecule has 1 aliphatic heterocycles. The van der Waals surface area contributed by atoms with Crippen molar-refractivity contribution >= 4 is 5.91 Å². The van der Waals surface area contributed by atoms with Crippen molar-refractivity contribution in [3.05, 3.63) is 12.2 Å². The van der Waals surface area contributed by atoms with Gasteiger partial charge in [0.15, 0.2) is 6.29 Å². The molecule has 1 amide bonds. The smallest absolute Gasteiger partial charge is 0.249 e. The van der Waals surface area contributed by atoms with Crippen molar-refractivity contribution in [3.8, 4) is 0 Å². The Kier molecular flexibility index (Phi) is 24.1. The van der Waals surface area contributed by atoms with Gasteiger partial charge in [0.05, 0.1) is 25.4 Å². The molecular formula is C34H65NO10. The van der Waals surface area contributed by atoms with Crippen molar-refractivity contribution in [1.29, 1.82) is 0 Å². The Morgan fingerprint density at radius 1 is 0.756 bits per heavy atom. The summed E-state index contributed by atoms with van der Waals surface area (Å²) in [5.41, 5.74) is 0. The van der Waals surface area contributed by atoms with Gasteiger partial charge in [-0.05, 0) is 38.5 Å². The average Bonchev–Trinajstić information content (AvgIpc) is 3.04. The molecule has 45 heavy (non-hydrogen) atoms. The Labute approximate surface area is 271 Å². The third kappa shape index (κ3) is 17.5. The molecule has 9 unspecified atom stereocenters. The number of carbonyl (C=O) groups excluding carboxylic acids is 1. The average molecular weight is 648 g/mol. The summed E-state index contributed by atoms with van der Waals surface area (Å²) in [6.45, 7) is 3.28. The van der Waals surface area contributed by atoms with E-state index >= 15 is 0 Å². The summed E-state index contributed by atoms with van der Waals surface area (Å²) in [7, 11) is 0. The number of ether oxygens (including phenoxy) is 2. The third-order valence-corrected chi connectivity index (χ3v) is 8.57. The molecule has 9 atom stereocenters. The van der Waals surface area contributed by atoms with E-state index in [1.165, 1.54) is 38.5 Å². The first-order valence-corrected chi connectivity index (χ1v) is 17.6. The van der Waals surface area contributed by atoms with Crippen molar-refractivity contribution in [3.63, 3.8) is 0 Å². The fraction of sp³-hybridized carbons (Fsp3) is 0.912. The monoisotopic (exact) mass is 647 g/mol. The summed E-state index contributed by atoms with van der Waals surface area (Å²) in [5.74, 6) is -0.721. The Bertz CT molecular complexity index is 754. The maximum Gasteiger partial charge on any atom is 0.249 e. The lowest BCUT2D eigenvalue weighted by molar-refractivity contribution is -0.303. The molecule has 8 N–H and O–H groups in total. The largest absolute Gasteiger partial charge is 0.394 e. The molecule has 1 saturated heterocycles. The molecule has 11 nitrogen and oxygen atoms in total. The number of nitrogens with one attached hydrogen (secondary N) is 1. The van der Waals surface area contributed by atoms with Crippen LogP contribution in [-0.4, -0.2) is 110 Å². The van der Waals surface area contributed by atoms with Gasteiger partial charge in [-0.3, -0.25) is 4.79 Å². The SMILES string of the molecule is CCCCCCCC/C=C\CCCCC(O)C(=O)NC(COC1OC(CO)C(O)C(O)C1O)C(O)C(O)CCCCCCCC. The van der Waals surface area contributed by atoms with E-state index in [-0.39, 0.29) is 6.42 Å². The van der Waals surface area contributed by atoms with Crippen molar-refractivity contribution in [1.82, 2.24) is 5.32 Å². The first kappa shape index (κ1) is 41.9. The van der Waals surface area contributed by atoms with Gasteiger partial charge in [0.2, 0.25) is 5.91 Å². The standard InChI is InChI=1S/C34H65NO10/c1-3-5-7-9-11-12-13-14-15-16-18-20-22-27(38)33(43)35-25(29(39)26(37)21-19-17-10-8-6-4-2)24-44-34-32(42)31(41)30(40)28(23-36)45-34/h14-15,25-32,34,36-42H,3-13,16-24H2,1-2H3,(H,35,43)/b15-14-. The fourth-order valence-corrected chi connectivity index (χ4v) is 5.49. The predicted molar refractivity (Wildman–Crippen MR) is 173 cm³/mol. The van der Waals surface area contributed by atoms with Gasteiger partial charge in [0.25, 0.3) is 0 Å². The minimum absolute atomic E-state index is 0.230. The molecule has 1 aliphatic rings. The predicted octanol–water partition coefficient (Wildman–Crippen LogP) is 2.99. The van der Waals surface area contributed by atoms with Crippen LogP contribution in [-0.2, 0) is 14.3 Å². The van der Waals surface area contributed by atoms with Crippen LogP contribution in [0.1, 0.15) is 129 Å². The molecule has 0 radical (unpaired) electrons. The van der Waals surface area contributed by atoms with E-state index < -0.39 is 74.2 Å². The van der Waals surface area contributed by atoms with E-state index in [0.29, 0.717) is 19.3 Å². The van der Waals surface area contributed by atoms with Gasteiger partial charge in [-0.1, -0.05) is 103 Å². The topological polar surface area (TPSA) is 189 Å². The molecule has 1 heterocycles. The number of hydrogen-bond donors (Lipinski definition) is 8. The molecule has 0 aromatic heterocycles. The van der Waals surface area contributed by atoms with Crippen molar-refractivity contribution in [2.24, 2.45) is 0 Å². The second kappa shape index (κ2) is 25.9. The molecule has 0 aliphatic carbocycles. The fourth-order valence-electron chi connectivity index (χ4n) is 5.49. The van der Waals surface area contributed by atoms with E-state index in [9.17, 15) is 40.5 Å². The Morgan fingerprint density at radius 2 is 1.29 bits per heavy atom. The maximum atomic E-state index is 12.9. The van der Waals surface area contributed by atoms with Crippen LogP contribution in [0.2, 0.25) is 0 Å². The summed E-state index contributed by atoms with van der Waals surface area (Å²) in [6.07, 6.45) is 10.4. The van der Waals surface area contributed by atoms with Gasteiger partial charge < -0.3 is 50.5 Å². The summed E-state index contributed by atoms with van der Waals surface area (Å²) in [5, 5.41) is 74.6. The summed E-state index contributed by atoms with van der Waals surface area (Å²) in [4.78, 5) is 12.9. The van der Waals surface area contributed by atoms with E-state index in [4.69, 9.17) is 9.47 Å². The number of allylic oxidation sites excluding steroid dienone is 2. The number of aliphatic hydroxyl groups excluding tert-OH is 7. The van der Waals surface area contributed by atoms with Crippen molar-refractivity contribution < 1.29 is 50.0 Å². The zero-order valence-electron chi connectivity index (χ0n) is 27.8. The number of unbranched alkanes of at least 4 members (excludes halogenated alkanes) is 13. The van der Waals surface area contributed by atoms with Gasteiger partial charge in [-0.15, -0.1) is 0 Å². The first-order chi connectivity index (χ1) is 21.7. The lowest BCUT2D eigenvalue weighted by Gasteiger charge is -2.40. The minimum atomic E-state index is -1.66. The highest BCUT2D eigenvalue weighted by atomic mass is 16.7. The molecular weight excluding hydrogens is 582 g/mol.